The predicted molar refractivity (Wildman–Crippen MR) is 111 cm³/mol. The van der Waals surface area contributed by atoms with Gasteiger partial charge in [-0.2, -0.15) is 0 Å². The molecule has 148 valence electrons. The van der Waals surface area contributed by atoms with Crippen molar-refractivity contribution in [1.82, 2.24) is 4.98 Å². The number of aromatic nitrogens is 1. The minimum Gasteiger partial charge on any atom is -0.493 e. The molecule has 0 saturated carbocycles. The third-order valence-corrected chi connectivity index (χ3v) is 4.33. The second kappa shape index (κ2) is 8.88. The highest BCUT2D eigenvalue weighted by atomic mass is 16.5. The van der Waals surface area contributed by atoms with Crippen molar-refractivity contribution in [3.05, 3.63) is 78.1 Å². The lowest BCUT2D eigenvalue weighted by Gasteiger charge is -2.17. The molecule has 1 heterocycles. The molecule has 0 unspecified atom stereocenters. The van der Waals surface area contributed by atoms with Crippen LogP contribution < -0.4 is 19.7 Å². The van der Waals surface area contributed by atoms with E-state index in [-0.39, 0.29) is 11.6 Å². The minimum atomic E-state index is -0.436. The lowest BCUT2D eigenvalue weighted by molar-refractivity contribution is 0.0993. The first-order valence-corrected chi connectivity index (χ1v) is 8.86. The maximum Gasteiger partial charge on any atom is 0.274 e. The highest BCUT2D eigenvalue weighted by Gasteiger charge is 2.17. The number of hydrogen-bond donors (Lipinski definition) is 1. The van der Waals surface area contributed by atoms with Crippen molar-refractivity contribution < 1.29 is 19.1 Å². The molecule has 7 nitrogen and oxygen atoms in total. The SMILES string of the molecule is COc1ccc(NC(=O)c2cc(C(=O)N(C)c3ccccc3)ccn2)cc1OC. The first-order valence-electron chi connectivity index (χ1n) is 8.86. The quantitative estimate of drug-likeness (QED) is 0.694. The third kappa shape index (κ3) is 4.52. The number of rotatable bonds is 6. The van der Waals surface area contributed by atoms with Crippen LogP contribution >= 0.6 is 0 Å². The van der Waals surface area contributed by atoms with Gasteiger partial charge in [-0.3, -0.25) is 14.6 Å². The average Bonchev–Trinajstić information content (AvgIpc) is 2.78. The van der Waals surface area contributed by atoms with Gasteiger partial charge < -0.3 is 19.7 Å². The lowest BCUT2D eigenvalue weighted by Crippen LogP contribution is -2.26. The van der Waals surface area contributed by atoms with Gasteiger partial charge in [0.1, 0.15) is 5.69 Å². The van der Waals surface area contributed by atoms with E-state index in [2.05, 4.69) is 10.3 Å². The first kappa shape index (κ1) is 19.9. The van der Waals surface area contributed by atoms with Gasteiger partial charge >= 0.3 is 0 Å². The Morgan fingerprint density at radius 3 is 2.34 bits per heavy atom. The van der Waals surface area contributed by atoms with E-state index in [4.69, 9.17) is 9.47 Å². The van der Waals surface area contributed by atoms with Crippen molar-refractivity contribution in [3.8, 4) is 11.5 Å². The van der Waals surface area contributed by atoms with E-state index in [0.29, 0.717) is 22.7 Å². The van der Waals surface area contributed by atoms with Crippen molar-refractivity contribution in [2.45, 2.75) is 0 Å². The van der Waals surface area contributed by atoms with Crippen molar-refractivity contribution in [1.29, 1.82) is 0 Å². The number of nitrogens with zero attached hydrogens (tertiary/aromatic N) is 2. The smallest absolute Gasteiger partial charge is 0.274 e. The zero-order valence-electron chi connectivity index (χ0n) is 16.4. The fourth-order valence-corrected chi connectivity index (χ4v) is 2.76. The minimum absolute atomic E-state index is 0.132. The zero-order valence-corrected chi connectivity index (χ0v) is 16.4. The van der Waals surface area contributed by atoms with Crippen molar-refractivity contribution in [2.24, 2.45) is 0 Å². The van der Waals surface area contributed by atoms with Crippen LogP contribution in [0.1, 0.15) is 20.8 Å². The first-order chi connectivity index (χ1) is 14.0. The molecule has 0 saturated heterocycles. The molecule has 2 aromatic carbocycles. The van der Waals surface area contributed by atoms with Gasteiger partial charge in [0.05, 0.1) is 14.2 Å². The molecule has 0 atom stereocenters. The molecule has 0 aliphatic heterocycles. The second-order valence-corrected chi connectivity index (χ2v) is 6.15. The Labute approximate surface area is 168 Å². The number of carbonyl (C=O) groups is 2. The number of carbonyl (C=O) groups excluding carboxylic acids is 2. The van der Waals surface area contributed by atoms with Crippen LogP contribution in [0.15, 0.2) is 66.9 Å². The highest BCUT2D eigenvalue weighted by Crippen LogP contribution is 2.29. The molecular formula is C22H21N3O4. The number of pyridine rings is 1. The Morgan fingerprint density at radius 1 is 0.931 bits per heavy atom. The molecule has 0 spiro atoms. The van der Waals surface area contributed by atoms with Gasteiger partial charge in [-0.15, -0.1) is 0 Å². The molecule has 7 heteroatoms. The van der Waals surface area contributed by atoms with Gasteiger partial charge in [0.15, 0.2) is 11.5 Å². The van der Waals surface area contributed by atoms with Crippen LogP contribution in [0.4, 0.5) is 11.4 Å². The van der Waals surface area contributed by atoms with Gasteiger partial charge in [-0.1, -0.05) is 18.2 Å². The highest BCUT2D eigenvalue weighted by molar-refractivity contribution is 6.08. The summed E-state index contributed by atoms with van der Waals surface area (Å²) in [4.78, 5) is 31.0. The van der Waals surface area contributed by atoms with Gasteiger partial charge in [-0.05, 0) is 36.4 Å². The van der Waals surface area contributed by atoms with Crippen LogP contribution in [0.5, 0.6) is 11.5 Å². The Bertz CT molecular complexity index is 1020. The average molecular weight is 391 g/mol. The fraction of sp³-hybridized carbons (Fsp3) is 0.136. The van der Waals surface area contributed by atoms with E-state index in [9.17, 15) is 9.59 Å². The van der Waals surface area contributed by atoms with E-state index in [0.717, 1.165) is 5.69 Å². The van der Waals surface area contributed by atoms with E-state index < -0.39 is 5.91 Å². The Morgan fingerprint density at radius 2 is 1.66 bits per heavy atom. The van der Waals surface area contributed by atoms with Crippen LogP contribution in [0.3, 0.4) is 0 Å². The number of ether oxygens (including phenoxy) is 2. The number of benzene rings is 2. The van der Waals surface area contributed by atoms with E-state index >= 15 is 0 Å². The molecule has 3 aromatic rings. The van der Waals surface area contributed by atoms with Crippen LogP contribution in [0.25, 0.3) is 0 Å². The Hall–Kier alpha value is -3.87. The summed E-state index contributed by atoms with van der Waals surface area (Å²) in [5.74, 6) is 0.375. The van der Waals surface area contributed by atoms with E-state index in [1.54, 1.807) is 31.3 Å². The number of nitrogens with one attached hydrogen (secondary N) is 1. The predicted octanol–water partition coefficient (Wildman–Crippen LogP) is 3.63. The molecule has 1 N–H and O–H groups in total. The summed E-state index contributed by atoms with van der Waals surface area (Å²) in [6.07, 6.45) is 1.44. The molecular weight excluding hydrogens is 370 g/mol. The molecule has 1 aromatic heterocycles. The monoisotopic (exact) mass is 391 g/mol. The van der Waals surface area contributed by atoms with Gasteiger partial charge in [0.25, 0.3) is 11.8 Å². The Balaban J connectivity index is 1.78. The summed E-state index contributed by atoms with van der Waals surface area (Å²) in [7, 11) is 4.74. The number of amides is 2. The van der Waals surface area contributed by atoms with Gasteiger partial charge in [-0.25, -0.2) is 0 Å². The van der Waals surface area contributed by atoms with Crippen LogP contribution in [-0.2, 0) is 0 Å². The lowest BCUT2D eigenvalue weighted by atomic mass is 10.2. The van der Waals surface area contributed by atoms with Crippen molar-refractivity contribution in [2.75, 3.05) is 31.5 Å². The maximum atomic E-state index is 12.8. The summed E-state index contributed by atoms with van der Waals surface area (Å²) < 4.78 is 10.4. The molecule has 3 rings (SSSR count). The molecule has 0 radical (unpaired) electrons. The zero-order chi connectivity index (χ0) is 20.8. The normalized spacial score (nSPS) is 10.2. The van der Waals surface area contributed by atoms with Gasteiger partial charge in [0.2, 0.25) is 0 Å². The molecule has 0 bridgehead atoms. The van der Waals surface area contributed by atoms with Crippen molar-refractivity contribution >= 4 is 23.2 Å². The van der Waals surface area contributed by atoms with Crippen LogP contribution in [-0.4, -0.2) is 38.1 Å². The van der Waals surface area contributed by atoms with E-state index in [1.165, 1.54) is 31.4 Å². The number of anilines is 2. The fourth-order valence-electron chi connectivity index (χ4n) is 2.76. The largest absolute Gasteiger partial charge is 0.493 e. The Kier molecular flexibility index (Phi) is 6.09. The van der Waals surface area contributed by atoms with E-state index in [1.807, 2.05) is 30.3 Å². The summed E-state index contributed by atoms with van der Waals surface area (Å²) in [6, 6.07) is 17.3. The molecule has 0 aliphatic carbocycles. The summed E-state index contributed by atoms with van der Waals surface area (Å²) in [5, 5.41) is 2.75. The molecule has 0 aliphatic rings. The number of para-hydroxylation sites is 1. The number of methoxy groups -OCH3 is 2. The summed E-state index contributed by atoms with van der Waals surface area (Å²) >= 11 is 0. The molecule has 2 amide bonds. The third-order valence-electron chi connectivity index (χ3n) is 4.33. The number of hydrogen-bond acceptors (Lipinski definition) is 5. The summed E-state index contributed by atoms with van der Waals surface area (Å²) in [5.41, 5.74) is 1.77. The maximum absolute atomic E-state index is 12.8. The summed E-state index contributed by atoms with van der Waals surface area (Å²) in [6.45, 7) is 0. The topological polar surface area (TPSA) is 80.8 Å². The van der Waals surface area contributed by atoms with Crippen LogP contribution in [0, 0.1) is 0 Å². The standard InChI is InChI=1S/C22H21N3O4/c1-25(17-7-5-4-6-8-17)22(27)15-11-12-23-18(13-15)21(26)24-16-9-10-19(28-2)20(14-16)29-3/h4-14H,1-3H3,(H,24,26). The van der Waals surface area contributed by atoms with Gasteiger partial charge in [0, 0.05) is 36.2 Å². The van der Waals surface area contributed by atoms with Crippen LogP contribution in [0.2, 0.25) is 0 Å². The second-order valence-electron chi connectivity index (χ2n) is 6.15. The van der Waals surface area contributed by atoms with Crippen molar-refractivity contribution in [3.63, 3.8) is 0 Å². The molecule has 0 fully saturated rings. The molecule has 29 heavy (non-hydrogen) atoms.